The number of pyridine rings is 1. The zero-order valence-electron chi connectivity index (χ0n) is 9.24. The van der Waals surface area contributed by atoms with Gasteiger partial charge in [-0.2, -0.15) is 0 Å². The molecule has 2 heterocycles. The summed E-state index contributed by atoms with van der Waals surface area (Å²) in [5.74, 6) is 0. The van der Waals surface area contributed by atoms with E-state index in [1.807, 2.05) is 0 Å². The highest BCUT2D eigenvalue weighted by molar-refractivity contribution is 6.32. The predicted octanol–water partition coefficient (Wildman–Crippen LogP) is 2.46. The standard InChI is InChI=1S/C11H9Cl2N3O/c1-6-3-7(5-16(2)10(6)17)8-4-9(12)15-11(13)14-8/h3-5H,1-2H3. The van der Waals surface area contributed by atoms with E-state index < -0.39 is 0 Å². The molecular formula is C11H9Cl2N3O. The van der Waals surface area contributed by atoms with Crippen LogP contribution in [0.5, 0.6) is 0 Å². The SMILES string of the molecule is Cc1cc(-c2cc(Cl)nc(Cl)n2)cn(C)c1=O. The van der Waals surface area contributed by atoms with Crippen molar-refractivity contribution in [1.29, 1.82) is 0 Å². The van der Waals surface area contributed by atoms with Crippen LogP contribution in [-0.4, -0.2) is 14.5 Å². The van der Waals surface area contributed by atoms with Gasteiger partial charge in [-0.25, -0.2) is 9.97 Å². The van der Waals surface area contributed by atoms with Crippen molar-refractivity contribution in [2.45, 2.75) is 6.92 Å². The van der Waals surface area contributed by atoms with Gasteiger partial charge < -0.3 is 4.57 Å². The molecule has 0 atom stereocenters. The zero-order valence-corrected chi connectivity index (χ0v) is 10.7. The van der Waals surface area contributed by atoms with E-state index in [2.05, 4.69) is 9.97 Å². The van der Waals surface area contributed by atoms with Crippen LogP contribution in [0.1, 0.15) is 5.56 Å². The van der Waals surface area contributed by atoms with Gasteiger partial charge in [-0.05, 0) is 24.6 Å². The van der Waals surface area contributed by atoms with Gasteiger partial charge in [0.05, 0.1) is 5.69 Å². The Kier molecular flexibility index (Phi) is 3.17. The first-order valence-corrected chi connectivity index (χ1v) is 5.60. The van der Waals surface area contributed by atoms with Crippen LogP contribution in [0.4, 0.5) is 0 Å². The molecule has 0 saturated heterocycles. The lowest BCUT2D eigenvalue weighted by atomic mass is 10.1. The number of rotatable bonds is 1. The largest absolute Gasteiger partial charge is 0.318 e. The van der Waals surface area contributed by atoms with Gasteiger partial charge >= 0.3 is 0 Å². The minimum atomic E-state index is -0.0417. The second-order valence-corrected chi connectivity index (χ2v) is 4.40. The van der Waals surface area contributed by atoms with E-state index in [4.69, 9.17) is 23.2 Å². The van der Waals surface area contributed by atoms with Crippen LogP contribution in [-0.2, 0) is 7.05 Å². The lowest BCUT2D eigenvalue weighted by Crippen LogP contribution is -2.18. The number of aromatic nitrogens is 3. The number of nitrogens with zero attached hydrogens (tertiary/aromatic N) is 3. The monoisotopic (exact) mass is 269 g/mol. The molecular weight excluding hydrogens is 261 g/mol. The normalized spacial score (nSPS) is 10.6. The van der Waals surface area contributed by atoms with Crippen molar-refractivity contribution in [2.24, 2.45) is 7.05 Å². The molecule has 0 fully saturated rings. The molecule has 88 valence electrons. The van der Waals surface area contributed by atoms with Gasteiger partial charge in [-0.3, -0.25) is 4.79 Å². The molecule has 0 saturated carbocycles. The molecule has 0 spiro atoms. The molecule has 0 aliphatic carbocycles. The Bertz CT molecular complexity index is 591. The van der Waals surface area contributed by atoms with E-state index in [-0.39, 0.29) is 16.0 Å². The van der Waals surface area contributed by atoms with Crippen LogP contribution in [0.25, 0.3) is 11.3 Å². The first-order valence-electron chi connectivity index (χ1n) is 4.85. The summed E-state index contributed by atoms with van der Waals surface area (Å²) in [6.45, 7) is 1.75. The highest BCUT2D eigenvalue weighted by atomic mass is 35.5. The second-order valence-electron chi connectivity index (χ2n) is 3.67. The summed E-state index contributed by atoms with van der Waals surface area (Å²) in [5.41, 5.74) is 1.96. The average molecular weight is 270 g/mol. The van der Waals surface area contributed by atoms with Gasteiger partial charge in [-0.1, -0.05) is 11.6 Å². The molecule has 4 nitrogen and oxygen atoms in total. The van der Waals surface area contributed by atoms with Crippen LogP contribution in [0.2, 0.25) is 10.4 Å². The first-order chi connectivity index (χ1) is 7.97. The van der Waals surface area contributed by atoms with Crippen molar-refractivity contribution in [1.82, 2.24) is 14.5 Å². The van der Waals surface area contributed by atoms with E-state index in [1.165, 1.54) is 4.57 Å². The Morgan fingerprint density at radius 1 is 1.24 bits per heavy atom. The van der Waals surface area contributed by atoms with Gasteiger partial charge in [0.25, 0.3) is 5.56 Å². The van der Waals surface area contributed by atoms with Crippen molar-refractivity contribution in [3.05, 3.63) is 44.7 Å². The fourth-order valence-electron chi connectivity index (χ4n) is 1.56. The lowest BCUT2D eigenvalue weighted by molar-refractivity contribution is 0.849. The Morgan fingerprint density at radius 3 is 2.53 bits per heavy atom. The van der Waals surface area contributed by atoms with Gasteiger partial charge in [-0.15, -0.1) is 0 Å². The highest BCUT2D eigenvalue weighted by Gasteiger charge is 2.07. The number of hydrogen-bond donors (Lipinski definition) is 0. The van der Waals surface area contributed by atoms with Crippen LogP contribution in [0.3, 0.4) is 0 Å². The van der Waals surface area contributed by atoms with Gasteiger partial charge in [0.2, 0.25) is 5.28 Å². The number of halogens is 2. The summed E-state index contributed by atoms with van der Waals surface area (Å²) in [7, 11) is 1.68. The predicted molar refractivity (Wildman–Crippen MR) is 67.5 cm³/mol. The molecule has 2 aromatic rings. The van der Waals surface area contributed by atoms with E-state index in [0.29, 0.717) is 11.3 Å². The molecule has 2 aromatic heterocycles. The topological polar surface area (TPSA) is 47.8 Å². The quantitative estimate of drug-likeness (QED) is 0.590. The summed E-state index contributed by atoms with van der Waals surface area (Å²) in [6, 6.07) is 3.35. The molecule has 0 aliphatic rings. The molecule has 6 heteroatoms. The summed E-state index contributed by atoms with van der Waals surface area (Å²) in [5, 5.41) is 0.352. The minimum Gasteiger partial charge on any atom is -0.318 e. The lowest BCUT2D eigenvalue weighted by Gasteiger charge is -2.06. The van der Waals surface area contributed by atoms with Crippen molar-refractivity contribution >= 4 is 23.2 Å². The van der Waals surface area contributed by atoms with Crippen LogP contribution < -0.4 is 5.56 Å². The van der Waals surface area contributed by atoms with E-state index in [1.54, 1.807) is 32.3 Å². The number of aryl methyl sites for hydroxylation is 2. The Morgan fingerprint density at radius 2 is 1.94 bits per heavy atom. The zero-order chi connectivity index (χ0) is 12.6. The van der Waals surface area contributed by atoms with Crippen molar-refractivity contribution < 1.29 is 0 Å². The third-order valence-electron chi connectivity index (χ3n) is 2.33. The minimum absolute atomic E-state index is 0.0417. The molecule has 0 amide bonds. The molecule has 0 N–H and O–H groups in total. The van der Waals surface area contributed by atoms with Crippen molar-refractivity contribution in [3.8, 4) is 11.3 Å². The maximum absolute atomic E-state index is 11.6. The molecule has 2 rings (SSSR count). The number of hydrogen-bond acceptors (Lipinski definition) is 3. The maximum Gasteiger partial charge on any atom is 0.253 e. The first kappa shape index (κ1) is 12.1. The van der Waals surface area contributed by atoms with Gasteiger partial charge in [0.1, 0.15) is 5.15 Å². The molecule has 0 radical (unpaired) electrons. The van der Waals surface area contributed by atoms with Crippen LogP contribution >= 0.6 is 23.2 Å². The van der Waals surface area contributed by atoms with E-state index >= 15 is 0 Å². The average Bonchev–Trinajstić information content (AvgIpc) is 2.23. The maximum atomic E-state index is 11.6. The molecule has 0 unspecified atom stereocenters. The molecule has 0 aliphatic heterocycles. The third kappa shape index (κ3) is 2.48. The third-order valence-corrected chi connectivity index (χ3v) is 2.69. The second kappa shape index (κ2) is 4.47. The summed E-state index contributed by atoms with van der Waals surface area (Å²) >= 11 is 11.5. The highest BCUT2D eigenvalue weighted by Crippen LogP contribution is 2.21. The Labute approximate surface area is 108 Å². The Balaban J connectivity index is 2.64. The van der Waals surface area contributed by atoms with Crippen LogP contribution in [0.15, 0.2) is 23.1 Å². The van der Waals surface area contributed by atoms with Gasteiger partial charge in [0.15, 0.2) is 0 Å². The summed E-state index contributed by atoms with van der Waals surface area (Å²) in [4.78, 5) is 19.4. The molecule has 0 aromatic carbocycles. The smallest absolute Gasteiger partial charge is 0.253 e. The molecule has 17 heavy (non-hydrogen) atoms. The van der Waals surface area contributed by atoms with Gasteiger partial charge in [0, 0.05) is 30.4 Å². The fraction of sp³-hybridized carbons (Fsp3) is 0.182. The van der Waals surface area contributed by atoms with Crippen LogP contribution in [0, 0.1) is 6.92 Å². The fourth-order valence-corrected chi connectivity index (χ4v) is 1.96. The Hall–Kier alpha value is -1.39. The molecule has 0 bridgehead atoms. The summed E-state index contributed by atoms with van der Waals surface area (Å²) in [6.07, 6.45) is 1.68. The van der Waals surface area contributed by atoms with E-state index in [9.17, 15) is 4.79 Å². The van der Waals surface area contributed by atoms with Crippen molar-refractivity contribution in [3.63, 3.8) is 0 Å². The van der Waals surface area contributed by atoms with E-state index in [0.717, 1.165) is 5.56 Å². The summed E-state index contributed by atoms with van der Waals surface area (Å²) < 4.78 is 1.49. The van der Waals surface area contributed by atoms with Crippen molar-refractivity contribution in [2.75, 3.05) is 0 Å².